The molecular weight excluding hydrogens is 290 g/mol. The lowest BCUT2D eigenvalue weighted by atomic mass is 9.77. The lowest BCUT2D eigenvalue weighted by Crippen LogP contribution is -2.13. The van der Waals surface area contributed by atoms with Crippen molar-refractivity contribution < 1.29 is 0 Å². The van der Waals surface area contributed by atoms with E-state index < -0.39 is 0 Å². The van der Waals surface area contributed by atoms with E-state index in [0.29, 0.717) is 11.2 Å². The highest BCUT2D eigenvalue weighted by Crippen LogP contribution is 2.40. The van der Waals surface area contributed by atoms with Crippen LogP contribution in [0.15, 0.2) is 30.6 Å². The maximum atomic E-state index is 5.98. The quantitative estimate of drug-likeness (QED) is 0.686. The highest BCUT2D eigenvalue weighted by molar-refractivity contribution is 7.26. The van der Waals surface area contributed by atoms with Crippen molar-refractivity contribution in [3.63, 3.8) is 0 Å². The van der Waals surface area contributed by atoms with Gasteiger partial charge in [0.1, 0.15) is 12.1 Å². The van der Waals surface area contributed by atoms with Crippen LogP contribution >= 0.6 is 11.3 Å². The molecule has 3 nitrogen and oxygen atoms in total. The highest BCUT2D eigenvalue weighted by atomic mass is 32.1. The molecule has 1 aromatic carbocycles. The van der Waals surface area contributed by atoms with Crippen LogP contribution in [-0.2, 0) is 0 Å². The monoisotopic (exact) mass is 309 g/mol. The molecule has 0 aliphatic heterocycles. The molecule has 1 aliphatic rings. The van der Waals surface area contributed by atoms with E-state index in [2.05, 4.69) is 48.1 Å². The van der Waals surface area contributed by atoms with E-state index in [9.17, 15) is 0 Å². The van der Waals surface area contributed by atoms with Crippen LogP contribution in [0.2, 0.25) is 0 Å². The number of nitrogens with zero attached hydrogens (tertiary/aromatic N) is 2. The number of allylic oxidation sites excluding steroid dienone is 2. The van der Waals surface area contributed by atoms with Gasteiger partial charge in [0.05, 0.1) is 10.2 Å². The number of hydrogen-bond donors (Lipinski definition) is 1. The molecule has 4 rings (SSSR count). The summed E-state index contributed by atoms with van der Waals surface area (Å²) in [7, 11) is 0. The summed E-state index contributed by atoms with van der Waals surface area (Å²) in [5.74, 6) is 0.575. The predicted octanol–water partition coefficient (Wildman–Crippen LogP) is 5.02. The Kier molecular flexibility index (Phi) is 2.98. The van der Waals surface area contributed by atoms with E-state index >= 15 is 0 Å². The van der Waals surface area contributed by atoms with E-state index in [-0.39, 0.29) is 0 Å². The maximum Gasteiger partial charge on any atom is 0.144 e. The molecule has 112 valence electrons. The molecule has 0 unspecified atom stereocenters. The second-order valence-electron chi connectivity index (χ2n) is 6.85. The Morgan fingerprint density at radius 3 is 2.86 bits per heavy atom. The van der Waals surface area contributed by atoms with Crippen molar-refractivity contribution in [1.82, 2.24) is 9.97 Å². The zero-order valence-electron chi connectivity index (χ0n) is 12.9. The van der Waals surface area contributed by atoms with Gasteiger partial charge in [-0.1, -0.05) is 32.1 Å². The first-order valence-corrected chi connectivity index (χ1v) is 8.47. The number of rotatable bonds is 1. The summed E-state index contributed by atoms with van der Waals surface area (Å²) < 4.78 is 2.24. The third-order valence-electron chi connectivity index (χ3n) is 4.62. The summed E-state index contributed by atoms with van der Waals surface area (Å²) in [6.45, 7) is 4.69. The van der Waals surface area contributed by atoms with Gasteiger partial charge in [-0.2, -0.15) is 0 Å². The number of benzene rings is 1. The molecule has 0 spiro atoms. The first-order chi connectivity index (χ1) is 10.5. The van der Waals surface area contributed by atoms with Gasteiger partial charge in [-0.05, 0) is 41.9 Å². The van der Waals surface area contributed by atoms with Gasteiger partial charge in [0.25, 0.3) is 0 Å². The summed E-state index contributed by atoms with van der Waals surface area (Å²) in [6.07, 6.45) is 7.52. The zero-order valence-corrected chi connectivity index (χ0v) is 13.7. The summed E-state index contributed by atoms with van der Waals surface area (Å²) in [5, 5.41) is 1.18. The summed E-state index contributed by atoms with van der Waals surface area (Å²) in [4.78, 5) is 8.49. The van der Waals surface area contributed by atoms with E-state index in [1.807, 2.05) is 0 Å². The van der Waals surface area contributed by atoms with Crippen LogP contribution < -0.4 is 5.73 Å². The number of nitrogens with two attached hydrogens (primary N) is 1. The van der Waals surface area contributed by atoms with Crippen LogP contribution in [0.25, 0.3) is 25.9 Å². The van der Waals surface area contributed by atoms with E-state index in [1.54, 1.807) is 17.7 Å². The Bertz CT molecular complexity index is 905. The Morgan fingerprint density at radius 2 is 2.09 bits per heavy atom. The molecule has 2 heterocycles. The van der Waals surface area contributed by atoms with Gasteiger partial charge in [0.15, 0.2) is 0 Å². The van der Waals surface area contributed by atoms with Gasteiger partial charge in [-0.3, -0.25) is 0 Å². The van der Waals surface area contributed by atoms with Crippen molar-refractivity contribution >= 4 is 43.0 Å². The van der Waals surface area contributed by atoms with Crippen LogP contribution in [0.1, 0.15) is 38.7 Å². The molecule has 2 aromatic heterocycles. The Hall–Kier alpha value is -1.94. The third-order valence-corrected chi connectivity index (χ3v) is 5.79. The molecular formula is C18H19N3S. The SMILES string of the molecule is CC1(C)CC=C(c2ccc3c(c2)sc2c(N)ncnc23)CC1. The smallest absolute Gasteiger partial charge is 0.144 e. The minimum Gasteiger partial charge on any atom is -0.382 e. The molecule has 0 saturated carbocycles. The Balaban J connectivity index is 1.83. The van der Waals surface area contributed by atoms with Crippen LogP contribution in [0.4, 0.5) is 5.82 Å². The zero-order chi connectivity index (χ0) is 15.3. The van der Waals surface area contributed by atoms with Crippen molar-refractivity contribution in [3.8, 4) is 0 Å². The molecule has 0 fully saturated rings. The lowest BCUT2D eigenvalue weighted by molar-refractivity contribution is 0.335. The maximum absolute atomic E-state index is 5.98. The molecule has 0 radical (unpaired) electrons. The molecule has 4 heteroatoms. The van der Waals surface area contributed by atoms with Gasteiger partial charge in [-0.25, -0.2) is 9.97 Å². The van der Waals surface area contributed by atoms with Crippen molar-refractivity contribution in [2.75, 3.05) is 5.73 Å². The first kappa shape index (κ1) is 13.7. The minimum absolute atomic E-state index is 0.440. The van der Waals surface area contributed by atoms with Gasteiger partial charge in [0.2, 0.25) is 0 Å². The highest BCUT2D eigenvalue weighted by Gasteiger charge is 2.22. The number of thiophene rings is 1. The van der Waals surface area contributed by atoms with E-state index in [1.165, 1.54) is 27.6 Å². The first-order valence-electron chi connectivity index (χ1n) is 7.66. The molecule has 1 aliphatic carbocycles. The molecule has 0 bridgehead atoms. The number of anilines is 1. The molecule has 0 amide bonds. The Morgan fingerprint density at radius 1 is 1.23 bits per heavy atom. The fourth-order valence-corrected chi connectivity index (χ4v) is 4.23. The fourth-order valence-electron chi connectivity index (χ4n) is 3.13. The fraction of sp³-hybridized carbons (Fsp3) is 0.333. The molecule has 0 atom stereocenters. The number of hydrogen-bond acceptors (Lipinski definition) is 4. The predicted molar refractivity (Wildman–Crippen MR) is 94.9 cm³/mol. The molecule has 0 saturated heterocycles. The van der Waals surface area contributed by atoms with E-state index in [0.717, 1.165) is 23.1 Å². The number of aromatic nitrogens is 2. The molecule has 3 aromatic rings. The second kappa shape index (κ2) is 4.78. The summed E-state index contributed by atoms with van der Waals surface area (Å²) in [5.41, 5.74) is 10.2. The van der Waals surface area contributed by atoms with Gasteiger partial charge < -0.3 is 5.73 Å². The van der Waals surface area contributed by atoms with Crippen LogP contribution in [0, 0.1) is 5.41 Å². The minimum atomic E-state index is 0.440. The third kappa shape index (κ3) is 2.18. The largest absolute Gasteiger partial charge is 0.382 e. The molecule has 22 heavy (non-hydrogen) atoms. The normalized spacial score (nSPS) is 17.8. The van der Waals surface area contributed by atoms with Crippen molar-refractivity contribution in [2.24, 2.45) is 5.41 Å². The summed E-state index contributed by atoms with van der Waals surface area (Å²) in [6, 6.07) is 6.68. The van der Waals surface area contributed by atoms with Crippen molar-refractivity contribution in [1.29, 1.82) is 0 Å². The van der Waals surface area contributed by atoms with Crippen LogP contribution in [-0.4, -0.2) is 9.97 Å². The van der Waals surface area contributed by atoms with Crippen LogP contribution in [0.5, 0.6) is 0 Å². The van der Waals surface area contributed by atoms with Crippen molar-refractivity contribution in [2.45, 2.75) is 33.1 Å². The van der Waals surface area contributed by atoms with Crippen molar-refractivity contribution in [3.05, 3.63) is 36.2 Å². The topological polar surface area (TPSA) is 51.8 Å². The van der Waals surface area contributed by atoms with E-state index in [4.69, 9.17) is 5.73 Å². The van der Waals surface area contributed by atoms with Crippen LogP contribution in [0.3, 0.4) is 0 Å². The number of fused-ring (bicyclic) bond motifs is 3. The molecule has 2 N–H and O–H groups in total. The van der Waals surface area contributed by atoms with Gasteiger partial charge in [-0.15, -0.1) is 11.3 Å². The second-order valence-corrected chi connectivity index (χ2v) is 7.90. The van der Waals surface area contributed by atoms with Gasteiger partial charge >= 0.3 is 0 Å². The van der Waals surface area contributed by atoms with Gasteiger partial charge in [0, 0.05) is 10.1 Å². The Labute approximate surface area is 133 Å². The number of nitrogen functional groups attached to an aromatic ring is 1. The summed E-state index contributed by atoms with van der Waals surface area (Å²) >= 11 is 1.69. The average Bonchev–Trinajstić information content (AvgIpc) is 2.86. The lowest BCUT2D eigenvalue weighted by Gasteiger charge is -2.28. The average molecular weight is 309 g/mol. The standard InChI is InChI=1S/C18H19N3S/c1-18(2)7-5-11(6-8-18)12-3-4-13-14(9-12)22-16-15(13)20-10-21-17(16)19/h3-5,9-10H,6-8H2,1-2H3,(H2,19,20,21).